The van der Waals surface area contributed by atoms with Crippen LogP contribution < -0.4 is 5.48 Å². The Labute approximate surface area is 154 Å². The molecule has 1 N–H and O–H groups in total. The molecule has 0 aliphatic rings. The molecule has 0 aromatic heterocycles. The fourth-order valence-electron chi connectivity index (χ4n) is 2.04. The first-order valence-electron chi connectivity index (χ1n) is 6.59. The molecule has 9 heteroatoms. The second kappa shape index (κ2) is 7.72. The third kappa shape index (κ3) is 4.40. The van der Waals surface area contributed by atoms with Crippen molar-refractivity contribution in [3.8, 4) is 0 Å². The van der Waals surface area contributed by atoms with Gasteiger partial charge in [0.25, 0.3) is 0 Å². The van der Waals surface area contributed by atoms with Crippen molar-refractivity contribution in [2.24, 2.45) is 0 Å². The van der Waals surface area contributed by atoms with E-state index in [1.165, 1.54) is 43.4 Å². The Kier molecular flexibility index (Phi) is 6.11. The number of nitrogens with one attached hydrogen (secondary N) is 1. The molecule has 0 bridgehead atoms. The molecule has 2 rings (SSSR count). The van der Waals surface area contributed by atoms with Crippen molar-refractivity contribution in [2.45, 2.75) is 10.6 Å². The minimum atomic E-state index is -3.74. The molecular formula is C15H12Cl3NO4S. The summed E-state index contributed by atoms with van der Waals surface area (Å²) in [6.45, 7) is 0. The van der Waals surface area contributed by atoms with Crippen LogP contribution in [-0.2, 0) is 20.4 Å². The van der Waals surface area contributed by atoms with Crippen LogP contribution in [0.15, 0.2) is 41.3 Å². The smallest absolute Gasteiger partial charge is 0.358 e. The standard InChI is InChI=1S/C15H12Cl3NO4S/c1-19-23-15(20)14-9(6-11(17)7-13(14)18)8-24(21,22)12-4-2-10(16)3-5-12/h2-7,19H,8H2,1H3. The zero-order valence-electron chi connectivity index (χ0n) is 12.3. The van der Waals surface area contributed by atoms with E-state index < -0.39 is 21.6 Å². The van der Waals surface area contributed by atoms with Gasteiger partial charge in [0.05, 0.1) is 21.2 Å². The predicted molar refractivity (Wildman–Crippen MR) is 93.3 cm³/mol. The number of carbonyl (C=O) groups excluding carboxylic acids is 1. The lowest BCUT2D eigenvalue weighted by atomic mass is 10.1. The van der Waals surface area contributed by atoms with Crippen LogP contribution in [0, 0.1) is 0 Å². The molecule has 0 spiro atoms. The summed E-state index contributed by atoms with van der Waals surface area (Å²) < 4.78 is 25.1. The Hall–Kier alpha value is -1.31. The molecule has 128 valence electrons. The Morgan fingerprint density at radius 3 is 2.29 bits per heavy atom. The second-order valence-electron chi connectivity index (χ2n) is 4.73. The molecule has 0 heterocycles. The first kappa shape index (κ1) is 19.0. The van der Waals surface area contributed by atoms with Gasteiger partial charge in [-0.25, -0.2) is 13.2 Å². The van der Waals surface area contributed by atoms with Gasteiger partial charge < -0.3 is 4.84 Å². The van der Waals surface area contributed by atoms with Crippen molar-refractivity contribution in [3.05, 3.63) is 62.6 Å². The Morgan fingerprint density at radius 2 is 1.71 bits per heavy atom. The minimum absolute atomic E-state index is 0.00376. The van der Waals surface area contributed by atoms with E-state index in [9.17, 15) is 13.2 Å². The van der Waals surface area contributed by atoms with Crippen molar-refractivity contribution >= 4 is 50.6 Å². The van der Waals surface area contributed by atoms with Crippen LogP contribution in [0.5, 0.6) is 0 Å². The van der Waals surface area contributed by atoms with E-state index in [2.05, 4.69) is 5.48 Å². The highest BCUT2D eigenvalue weighted by Gasteiger charge is 2.24. The monoisotopic (exact) mass is 407 g/mol. The molecule has 0 aliphatic heterocycles. The van der Waals surface area contributed by atoms with Crippen molar-refractivity contribution in [1.29, 1.82) is 0 Å². The average Bonchev–Trinajstić information content (AvgIpc) is 2.46. The molecule has 0 aliphatic carbocycles. The lowest BCUT2D eigenvalue weighted by Crippen LogP contribution is -2.18. The highest BCUT2D eigenvalue weighted by molar-refractivity contribution is 7.90. The molecule has 5 nitrogen and oxygen atoms in total. The number of benzene rings is 2. The fraction of sp³-hybridized carbons (Fsp3) is 0.133. The summed E-state index contributed by atoms with van der Waals surface area (Å²) in [5.74, 6) is -1.27. The van der Waals surface area contributed by atoms with E-state index in [0.29, 0.717) is 5.02 Å². The largest absolute Gasteiger partial charge is 0.367 e. The Bertz CT molecular complexity index is 867. The van der Waals surface area contributed by atoms with E-state index in [4.69, 9.17) is 39.6 Å². The summed E-state index contributed by atoms with van der Waals surface area (Å²) in [4.78, 5) is 16.8. The Balaban J connectivity index is 2.48. The first-order chi connectivity index (χ1) is 11.2. The highest BCUT2D eigenvalue weighted by Crippen LogP contribution is 2.29. The zero-order chi connectivity index (χ0) is 17.9. The maximum Gasteiger partial charge on any atom is 0.358 e. The predicted octanol–water partition coefficient (Wildman–Crippen LogP) is 3.91. The van der Waals surface area contributed by atoms with Gasteiger partial charge in [0, 0.05) is 17.1 Å². The molecular weight excluding hydrogens is 397 g/mol. The number of carbonyl (C=O) groups is 1. The third-order valence-corrected chi connectivity index (χ3v) is 5.50. The van der Waals surface area contributed by atoms with Gasteiger partial charge in [0.15, 0.2) is 9.84 Å². The number of hydrogen-bond acceptors (Lipinski definition) is 5. The minimum Gasteiger partial charge on any atom is -0.367 e. The molecule has 0 radical (unpaired) electrons. The van der Waals surface area contributed by atoms with Crippen molar-refractivity contribution in [3.63, 3.8) is 0 Å². The van der Waals surface area contributed by atoms with Crippen LogP contribution in [0.1, 0.15) is 15.9 Å². The summed E-state index contributed by atoms with van der Waals surface area (Å²) in [6, 6.07) is 8.41. The van der Waals surface area contributed by atoms with Gasteiger partial charge in [-0.05, 0) is 42.0 Å². The number of hydrogen-bond donors (Lipinski definition) is 1. The van der Waals surface area contributed by atoms with Gasteiger partial charge in [-0.2, -0.15) is 5.48 Å². The molecule has 0 amide bonds. The van der Waals surface area contributed by atoms with Gasteiger partial charge in [0.1, 0.15) is 0 Å². The molecule has 2 aromatic carbocycles. The summed E-state index contributed by atoms with van der Waals surface area (Å²) in [6.07, 6.45) is 0. The van der Waals surface area contributed by atoms with Gasteiger partial charge in [-0.15, -0.1) is 0 Å². The lowest BCUT2D eigenvalue weighted by Gasteiger charge is -2.12. The summed E-state index contributed by atoms with van der Waals surface area (Å²) in [7, 11) is -2.34. The molecule has 0 atom stereocenters. The van der Waals surface area contributed by atoms with Crippen molar-refractivity contribution in [2.75, 3.05) is 7.05 Å². The number of rotatable bonds is 5. The van der Waals surface area contributed by atoms with Crippen LogP contribution in [0.4, 0.5) is 0 Å². The maximum atomic E-state index is 12.6. The fourth-order valence-corrected chi connectivity index (χ4v) is 4.14. The second-order valence-corrected chi connectivity index (χ2v) is 8.00. The van der Waals surface area contributed by atoms with E-state index in [0.717, 1.165) is 0 Å². The molecule has 0 fully saturated rings. The Morgan fingerprint density at radius 1 is 1.08 bits per heavy atom. The van der Waals surface area contributed by atoms with Crippen LogP contribution in [0.3, 0.4) is 0 Å². The maximum absolute atomic E-state index is 12.6. The first-order valence-corrected chi connectivity index (χ1v) is 9.37. The van der Waals surface area contributed by atoms with Gasteiger partial charge in [-0.1, -0.05) is 34.8 Å². The number of sulfone groups is 1. The molecule has 2 aromatic rings. The average molecular weight is 409 g/mol. The molecule has 0 unspecified atom stereocenters. The van der Waals surface area contributed by atoms with Crippen LogP contribution in [-0.4, -0.2) is 21.4 Å². The van der Waals surface area contributed by atoms with E-state index in [1.54, 1.807) is 0 Å². The van der Waals surface area contributed by atoms with Gasteiger partial charge in [-0.3, -0.25) is 0 Å². The highest BCUT2D eigenvalue weighted by atomic mass is 35.5. The summed E-state index contributed by atoms with van der Waals surface area (Å²) in [5, 5.41) is 0.629. The van der Waals surface area contributed by atoms with E-state index in [1.807, 2.05) is 0 Å². The van der Waals surface area contributed by atoms with Crippen LogP contribution >= 0.6 is 34.8 Å². The zero-order valence-corrected chi connectivity index (χ0v) is 15.4. The van der Waals surface area contributed by atoms with E-state index >= 15 is 0 Å². The topological polar surface area (TPSA) is 72.5 Å². The van der Waals surface area contributed by atoms with Crippen molar-refractivity contribution < 1.29 is 18.0 Å². The van der Waals surface area contributed by atoms with Crippen LogP contribution in [0.25, 0.3) is 0 Å². The SMILES string of the molecule is CNOC(=O)c1c(Cl)cc(Cl)cc1CS(=O)(=O)c1ccc(Cl)cc1. The summed E-state index contributed by atoms with van der Waals surface area (Å²) >= 11 is 17.7. The van der Waals surface area contributed by atoms with Gasteiger partial charge in [0.2, 0.25) is 0 Å². The van der Waals surface area contributed by atoms with Crippen LogP contribution in [0.2, 0.25) is 15.1 Å². The molecule has 24 heavy (non-hydrogen) atoms. The molecule has 0 saturated carbocycles. The van der Waals surface area contributed by atoms with Crippen molar-refractivity contribution in [1.82, 2.24) is 5.48 Å². The number of hydroxylamine groups is 1. The third-order valence-electron chi connectivity index (χ3n) is 3.05. The number of halogens is 3. The van der Waals surface area contributed by atoms with Gasteiger partial charge >= 0.3 is 5.97 Å². The quantitative estimate of drug-likeness (QED) is 0.759. The van der Waals surface area contributed by atoms with E-state index in [-0.39, 0.29) is 26.1 Å². The summed E-state index contributed by atoms with van der Waals surface area (Å²) in [5.41, 5.74) is 2.31. The normalized spacial score (nSPS) is 11.3. The lowest BCUT2D eigenvalue weighted by molar-refractivity contribution is 0.0309. The molecule has 0 saturated heterocycles.